The van der Waals surface area contributed by atoms with Gasteiger partial charge >= 0.3 is 0 Å². The van der Waals surface area contributed by atoms with E-state index in [2.05, 4.69) is 20.4 Å². The maximum Gasteiger partial charge on any atom is 0.204 e. The number of H-pyrrole nitrogens is 1. The van der Waals surface area contributed by atoms with Crippen LogP contribution in [0.4, 0.5) is 5.82 Å². The molecule has 0 atom stereocenters. The van der Waals surface area contributed by atoms with Crippen LogP contribution in [0.2, 0.25) is 5.02 Å². The fraction of sp³-hybridized carbons (Fsp3) is 0.0833. The molecule has 19 heavy (non-hydrogen) atoms. The Bertz CT molecular complexity index is 710. The van der Waals surface area contributed by atoms with E-state index in [0.717, 1.165) is 21.2 Å². The molecule has 96 valence electrons. The second kappa shape index (κ2) is 5.07. The molecule has 0 saturated heterocycles. The van der Waals surface area contributed by atoms with Crippen molar-refractivity contribution in [2.45, 2.75) is 10.6 Å². The summed E-state index contributed by atoms with van der Waals surface area (Å²) >= 11 is 7.50. The predicted molar refractivity (Wildman–Crippen MR) is 77.1 cm³/mol. The number of nitrogen functional groups attached to an aromatic ring is 1. The van der Waals surface area contributed by atoms with Gasteiger partial charge in [0.25, 0.3) is 0 Å². The third-order valence-corrected chi connectivity index (χ3v) is 3.94. The minimum absolute atomic E-state index is 0.444. The number of halogens is 1. The molecule has 0 saturated carbocycles. The first-order valence-electron chi connectivity index (χ1n) is 5.56. The molecule has 5 nitrogen and oxygen atoms in total. The lowest BCUT2D eigenvalue weighted by Crippen LogP contribution is -1.92. The van der Waals surface area contributed by atoms with Gasteiger partial charge in [0.1, 0.15) is 11.3 Å². The number of nitrogens with zero attached hydrogens (tertiary/aromatic N) is 3. The van der Waals surface area contributed by atoms with Crippen molar-refractivity contribution in [2.75, 3.05) is 5.73 Å². The molecule has 2 heterocycles. The predicted octanol–water partition coefficient (Wildman–Crippen LogP) is 2.88. The standard InChI is InChI=1S/C12H10ClN5S/c13-8-3-1-7(2-4-8)6-19-9-5-10(14)15-12-11(9)16-18-17-12/h1-5H,6H2,(H3,14,15,16,17,18). The Balaban J connectivity index is 1.85. The van der Waals surface area contributed by atoms with Gasteiger partial charge in [-0.1, -0.05) is 23.7 Å². The molecular weight excluding hydrogens is 282 g/mol. The molecule has 7 heteroatoms. The zero-order valence-corrected chi connectivity index (χ0v) is 11.4. The smallest absolute Gasteiger partial charge is 0.204 e. The molecule has 3 aromatic rings. The molecule has 2 aromatic heterocycles. The SMILES string of the molecule is Nc1cc(SCc2ccc(Cl)cc2)c2n[nH]nc2n1. The number of fused-ring (bicyclic) bond motifs is 1. The first-order chi connectivity index (χ1) is 9.22. The summed E-state index contributed by atoms with van der Waals surface area (Å²) < 4.78 is 0. The summed E-state index contributed by atoms with van der Waals surface area (Å²) in [5.41, 5.74) is 8.22. The van der Waals surface area contributed by atoms with Crippen LogP contribution in [-0.2, 0) is 5.75 Å². The van der Waals surface area contributed by atoms with Crippen molar-refractivity contribution in [1.82, 2.24) is 20.4 Å². The topological polar surface area (TPSA) is 80.5 Å². The van der Waals surface area contributed by atoms with Gasteiger partial charge in [-0.05, 0) is 23.8 Å². The second-order valence-electron chi connectivity index (χ2n) is 3.96. The molecule has 0 amide bonds. The average Bonchev–Trinajstić information content (AvgIpc) is 2.85. The van der Waals surface area contributed by atoms with Crippen LogP contribution >= 0.6 is 23.4 Å². The quantitative estimate of drug-likeness (QED) is 0.725. The van der Waals surface area contributed by atoms with E-state index in [1.54, 1.807) is 11.8 Å². The number of hydrogen-bond acceptors (Lipinski definition) is 5. The summed E-state index contributed by atoms with van der Waals surface area (Å²) in [5, 5.41) is 11.3. The number of hydrogen-bond donors (Lipinski definition) is 2. The van der Waals surface area contributed by atoms with Crippen molar-refractivity contribution in [3.8, 4) is 0 Å². The minimum Gasteiger partial charge on any atom is -0.384 e. The van der Waals surface area contributed by atoms with E-state index in [9.17, 15) is 0 Å². The average molecular weight is 292 g/mol. The maximum atomic E-state index is 5.86. The summed E-state index contributed by atoms with van der Waals surface area (Å²) in [4.78, 5) is 5.07. The van der Waals surface area contributed by atoms with Crippen molar-refractivity contribution in [2.24, 2.45) is 0 Å². The Kier molecular flexibility index (Phi) is 3.27. The van der Waals surface area contributed by atoms with Crippen LogP contribution in [0, 0.1) is 0 Å². The highest BCUT2D eigenvalue weighted by atomic mass is 35.5. The zero-order chi connectivity index (χ0) is 13.2. The van der Waals surface area contributed by atoms with E-state index in [1.165, 1.54) is 5.56 Å². The monoisotopic (exact) mass is 291 g/mol. The van der Waals surface area contributed by atoms with Crippen LogP contribution in [0.15, 0.2) is 35.2 Å². The first-order valence-corrected chi connectivity index (χ1v) is 6.93. The Hall–Kier alpha value is -1.79. The van der Waals surface area contributed by atoms with Crippen molar-refractivity contribution >= 4 is 40.3 Å². The van der Waals surface area contributed by atoms with Gasteiger partial charge in [-0.2, -0.15) is 10.3 Å². The van der Waals surface area contributed by atoms with Crippen LogP contribution in [0.3, 0.4) is 0 Å². The maximum absolute atomic E-state index is 5.86. The number of thioether (sulfide) groups is 1. The van der Waals surface area contributed by atoms with Gasteiger partial charge in [-0.3, -0.25) is 0 Å². The second-order valence-corrected chi connectivity index (χ2v) is 5.41. The van der Waals surface area contributed by atoms with Crippen molar-refractivity contribution in [3.63, 3.8) is 0 Å². The van der Waals surface area contributed by atoms with Gasteiger partial charge in [0, 0.05) is 15.7 Å². The van der Waals surface area contributed by atoms with E-state index in [1.807, 2.05) is 30.3 Å². The minimum atomic E-state index is 0.444. The lowest BCUT2D eigenvalue weighted by molar-refractivity contribution is 0.953. The molecule has 1 aromatic carbocycles. The molecular formula is C12H10ClN5S. The summed E-state index contributed by atoms with van der Waals surface area (Å²) in [6, 6.07) is 9.57. The van der Waals surface area contributed by atoms with E-state index in [4.69, 9.17) is 17.3 Å². The third kappa shape index (κ3) is 2.64. The molecule has 0 aliphatic rings. The van der Waals surface area contributed by atoms with E-state index < -0.39 is 0 Å². The molecule has 0 aliphatic carbocycles. The van der Waals surface area contributed by atoms with Crippen molar-refractivity contribution < 1.29 is 0 Å². The first kappa shape index (κ1) is 12.3. The molecule has 3 rings (SSSR count). The van der Waals surface area contributed by atoms with E-state index in [-0.39, 0.29) is 0 Å². The van der Waals surface area contributed by atoms with Gasteiger partial charge in [0.05, 0.1) is 0 Å². The summed E-state index contributed by atoms with van der Waals surface area (Å²) in [5.74, 6) is 1.25. The van der Waals surface area contributed by atoms with Crippen molar-refractivity contribution in [1.29, 1.82) is 0 Å². The Morgan fingerprint density at radius 2 is 2.00 bits per heavy atom. The number of aromatic nitrogens is 4. The Morgan fingerprint density at radius 1 is 1.21 bits per heavy atom. The Labute approximate surface area is 118 Å². The molecule has 0 aliphatic heterocycles. The molecule has 0 spiro atoms. The normalized spacial score (nSPS) is 11.0. The van der Waals surface area contributed by atoms with Gasteiger partial charge in [-0.25, -0.2) is 4.98 Å². The molecule has 0 radical (unpaired) electrons. The number of benzene rings is 1. The van der Waals surface area contributed by atoms with E-state index >= 15 is 0 Å². The summed E-state index contributed by atoms with van der Waals surface area (Å²) in [7, 11) is 0. The lowest BCUT2D eigenvalue weighted by Gasteiger charge is -2.03. The molecule has 0 unspecified atom stereocenters. The fourth-order valence-corrected chi connectivity index (χ4v) is 2.80. The number of anilines is 1. The van der Waals surface area contributed by atoms with Crippen LogP contribution < -0.4 is 5.73 Å². The highest BCUT2D eigenvalue weighted by Gasteiger charge is 2.09. The zero-order valence-electron chi connectivity index (χ0n) is 9.80. The molecule has 0 fully saturated rings. The highest BCUT2D eigenvalue weighted by Crippen LogP contribution is 2.29. The summed E-state index contributed by atoms with van der Waals surface area (Å²) in [6.07, 6.45) is 0. The lowest BCUT2D eigenvalue weighted by atomic mass is 10.2. The van der Waals surface area contributed by atoms with Crippen LogP contribution in [0.5, 0.6) is 0 Å². The number of rotatable bonds is 3. The van der Waals surface area contributed by atoms with Crippen molar-refractivity contribution in [3.05, 3.63) is 40.9 Å². The highest BCUT2D eigenvalue weighted by molar-refractivity contribution is 7.98. The molecule has 3 N–H and O–H groups in total. The van der Waals surface area contributed by atoms with Crippen LogP contribution in [0.1, 0.15) is 5.56 Å². The van der Waals surface area contributed by atoms with Crippen LogP contribution in [-0.4, -0.2) is 20.4 Å². The number of nitrogens with one attached hydrogen (secondary N) is 1. The number of aromatic amines is 1. The van der Waals surface area contributed by atoms with Crippen LogP contribution in [0.25, 0.3) is 11.2 Å². The number of nitrogens with two attached hydrogens (primary N) is 1. The third-order valence-electron chi connectivity index (χ3n) is 2.58. The van der Waals surface area contributed by atoms with Gasteiger partial charge < -0.3 is 5.73 Å². The fourth-order valence-electron chi connectivity index (χ4n) is 1.68. The molecule has 0 bridgehead atoms. The Morgan fingerprint density at radius 3 is 2.79 bits per heavy atom. The van der Waals surface area contributed by atoms with Gasteiger partial charge in [-0.15, -0.1) is 16.9 Å². The largest absolute Gasteiger partial charge is 0.384 e. The number of pyridine rings is 1. The van der Waals surface area contributed by atoms with Gasteiger partial charge in [0.2, 0.25) is 5.65 Å². The van der Waals surface area contributed by atoms with Gasteiger partial charge in [0.15, 0.2) is 0 Å². The van der Waals surface area contributed by atoms with E-state index in [0.29, 0.717) is 11.5 Å². The summed E-state index contributed by atoms with van der Waals surface area (Å²) in [6.45, 7) is 0.